The van der Waals surface area contributed by atoms with Gasteiger partial charge >= 0.3 is 0 Å². The number of aromatic nitrogens is 4. The van der Waals surface area contributed by atoms with Crippen molar-refractivity contribution in [3.05, 3.63) is 84.4 Å². The minimum Gasteiger partial charge on any atom is -0.371 e. The summed E-state index contributed by atoms with van der Waals surface area (Å²) in [5.74, 6) is 0.125. The Bertz CT molecular complexity index is 1300. The predicted octanol–water partition coefficient (Wildman–Crippen LogP) is 3.52. The number of anilines is 1. The van der Waals surface area contributed by atoms with E-state index in [1.807, 2.05) is 53.1 Å². The average Bonchev–Trinajstić information content (AvgIpc) is 3.34. The van der Waals surface area contributed by atoms with Crippen molar-refractivity contribution in [3.63, 3.8) is 0 Å². The average molecular weight is 457 g/mol. The first-order chi connectivity index (χ1) is 16.8. The van der Waals surface area contributed by atoms with E-state index < -0.39 is 6.29 Å². The van der Waals surface area contributed by atoms with E-state index in [1.165, 1.54) is 6.33 Å². The van der Waals surface area contributed by atoms with Crippen LogP contribution in [0.15, 0.2) is 73.3 Å². The highest BCUT2D eigenvalue weighted by atomic mass is 16.7. The lowest BCUT2D eigenvalue weighted by Crippen LogP contribution is -2.47. The van der Waals surface area contributed by atoms with Gasteiger partial charge in [0.25, 0.3) is 5.91 Å². The third-order valence-corrected chi connectivity index (χ3v) is 6.22. The van der Waals surface area contributed by atoms with Crippen LogP contribution in [0.25, 0.3) is 11.2 Å². The normalized spacial score (nSPS) is 24.5. The maximum Gasteiger partial charge on any atom is 0.256 e. The van der Waals surface area contributed by atoms with Gasteiger partial charge in [0.15, 0.2) is 23.3 Å². The number of imidazole rings is 1. The predicted molar refractivity (Wildman–Crippen MR) is 123 cm³/mol. The fraction of sp³-hybridized carbons (Fsp3) is 0.280. The van der Waals surface area contributed by atoms with Crippen LogP contribution < -0.4 is 5.32 Å². The molecule has 172 valence electrons. The van der Waals surface area contributed by atoms with Gasteiger partial charge in [-0.1, -0.05) is 48.5 Å². The standard InChI is InChI=1S/C25H23N5O4/c31-24(16-7-3-1-4-8-16)29-22-21-23(27-14-26-22)30(15-28-21)18-11-19-20(32-12-18)13-33-25(34-19)17-9-5-2-6-10-17/h1-10,14-15,18-20,25H,11-13H2,(H,26,27,29,31)/t18?,19?,20?,25-/m1/s1. The molecule has 9 heteroatoms. The van der Waals surface area contributed by atoms with E-state index in [1.54, 1.807) is 18.5 Å². The Morgan fingerprint density at radius 2 is 1.71 bits per heavy atom. The molecule has 2 aliphatic heterocycles. The van der Waals surface area contributed by atoms with Crippen LogP contribution in [0.5, 0.6) is 0 Å². The Morgan fingerprint density at radius 1 is 0.912 bits per heavy atom. The quantitative estimate of drug-likeness (QED) is 0.500. The number of hydrogen-bond acceptors (Lipinski definition) is 7. The summed E-state index contributed by atoms with van der Waals surface area (Å²) in [4.78, 5) is 25.8. The van der Waals surface area contributed by atoms with E-state index in [0.29, 0.717) is 35.8 Å². The molecular formula is C25H23N5O4. The second-order valence-corrected chi connectivity index (χ2v) is 8.38. The SMILES string of the molecule is O=C(Nc1ncnc2c1ncn2C1COC2CO[C@@H](c3ccccc3)OC2C1)c1ccccc1. The van der Waals surface area contributed by atoms with E-state index in [4.69, 9.17) is 14.2 Å². The topological polar surface area (TPSA) is 100 Å². The molecule has 3 unspecified atom stereocenters. The van der Waals surface area contributed by atoms with Gasteiger partial charge in [-0.15, -0.1) is 0 Å². The molecule has 2 aromatic carbocycles. The summed E-state index contributed by atoms with van der Waals surface area (Å²) in [5.41, 5.74) is 2.70. The maximum absolute atomic E-state index is 12.6. The highest BCUT2D eigenvalue weighted by Crippen LogP contribution is 2.36. The van der Waals surface area contributed by atoms with Crippen LogP contribution in [0.2, 0.25) is 0 Å². The third kappa shape index (κ3) is 3.94. The number of hydrogen-bond donors (Lipinski definition) is 1. The first kappa shape index (κ1) is 20.9. The van der Waals surface area contributed by atoms with Gasteiger partial charge in [-0.05, 0) is 18.6 Å². The van der Waals surface area contributed by atoms with Gasteiger partial charge in [-0.25, -0.2) is 15.0 Å². The van der Waals surface area contributed by atoms with Gasteiger partial charge in [-0.2, -0.15) is 0 Å². The van der Waals surface area contributed by atoms with Crippen molar-refractivity contribution in [1.82, 2.24) is 19.5 Å². The van der Waals surface area contributed by atoms with E-state index in [2.05, 4.69) is 20.3 Å². The molecule has 0 saturated carbocycles. The van der Waals surface area contributed by atoms with Gasteiger partial charge in [0.05, 0.1) is 31.7 Å². The number of fused-ring (bicyclic) bond motifs is 2. The number of amides is 1. The lowest BCUT2D eigenvalue weighted by molar-refractivity contribution is -0.282. The van der Waals surface area contributed by atoms with Crippen LogP contribution >= 0.6 is 0 Å². The van der Waals surface area contributed by atoms with Gasteiger partial charge in [0.1, 0.15) is 12.4 Å². The van der Waals surface area contributed by atoms with Crippen LogP contribution in [0.1, 0.15) is 34.7 Å². The zero-order valence-electron chi connectivity index (χ0n) is 18.3. The molecule has 4 atom stereocenters. The summed E-state index contributed by atoms with van der Waals surface area (Å²) in [6.45, 7) is 0.977. The summed E-state index contributed by atoms with van der Waals surface area (Å²) in [6, 6.07) is 18.9. The summed E-state index contributed by atoms with van der Waals surface area (Å²) in [5, 5.41) is 2.85. The molecule has 2 saturated heterocycles. The Labute approximate surface area is 195 Å². The highest BCUT2D eigenvalue weighted by molar-refractivity contribution is 6.06. The number of ether oxygens (including phenoxy) is 3. The molecule has 2 aromatic heterocycles. The smallest absolute Gasteiger partial charge is 0.256 e. The van der Waals surface area contributed by atoms with Crippen molar-refractivity contribution in [2.24, 2.45) is 0 Å². The summed E-state index contributed by atoms with van der Waals surface area (Å²) in [7, 11) is 0. The minimum atomic E-state index is -0.411. The number of rotatable bonds is 4. The largest absolute Gasteiger partial charge is 0.371 e. The molecule has 4 heterocycles. The molecular weight excluding hydrogens is 434 g/mol. The van der Waals surface area contributed by atoms with Gasteiger partial charge in [0, 0.05) is 11.1 Å². The second kappa shape index (κ2) is 8.94. The van der Waals surface area contributed by atoms with Crippen LogP contribution in [0.4, 0.5) is 5.82 Å². The Kier molecular flexibility index (Phi) is 5.50. The Hall–Kier alpha value is -3.66. The summed E-state index contributed by atoms with van der Waals surface area (Å²) in [6.07, 6.45) is 3.25. The molecule has 0 spiro atoms. The fourth-order valence-corrected chi connectivity index (χ4v) is 4.47. The fourth-order valence-electron chi connectivity index (χ4n) is 4.47. The molecule has 1 N–H and O–H groups in total. The zero-order chi connectivity index (χ0) is 22.9. The van der Waals surface area contributed by atoms with Crippen molar-refractivity contribution in [3.8, 4) is 0 Å². The first-order valence-electron chi connectivity index (χ1n) is 11.2. The molecule has 1 amide bonds. The molecule has 6 rings (SSSR count). The molecule has 0 bridgehead atoms. The zero-order valence-corrected chi connectivity index (χ0v) is 18.3. The number of carbonyl (C=O) groups excluding carboxylic acids is 1. The Morgan fingerprint density at radius 3 is 2.53 bits per heavy atom. The molecule has 4 aromatic rings. The number of nitrogens with zero attached hydrogens (tertiary/aromatic N) is 4. The van der Waals surface area contributed by atoms with Crippen molar-refractivity contribution >= 4 is 22.9 Å². The first-order valence-corrected chi connectivity index (χ1v) is 11.2. The molecule has 2 aliphatic rings. The van der Waals surface area contributed by atoms with Gasteiger partial charge in [0.2, 0.25) is 0 Å². The number of nitrogens with one attached hydrogen (secondary N) is 1. The monoisotopic (exact) mass is 457 g/mol. The van der Waals surface area contributed by atoms with Crippen LogP contribution in [0.3, 0.4) is 0 Å². The third-order valence-electron chi connectivity index (χ3n) is 6.22. The van der Waals surface area contributed by atoms with E-state index >= 15 is 0 Å². The summed E-state index contributed by atoms with van der Waals surface area (Å²) < 4.78 is 20.2. The van der Waals surface area contributed by atoms with E-state index in [-0.39, 0.29) is 24.2 Å². The van der Waals surface area contributed by atoms with Crippen LogP contribution in [-0.2, 0) is 14.2 Å². The number of carbonyl (C=O) groups is 1. The molecule has 0 aliphatic carbocycles. The van der Waals surface area contributed by atoms with Gasteiger partial charge in [-0.3, -0.25) is 4.79 Å². The maximum atomic E-state index is 12.6. The van der Waals surface area contributed by atoms with E-state index in [0.717, 1.165) is 12.0 Å². The number of benzene rings is 2. The van der Waals surface area contributed by atoms with Crippen LogP contribution in [0, 0.1) is 0 Å². The lowest BCUT2D eigenvalue weighted by atomic mass is 10.0. The van der Waals surface area contributed by atoms with E-state index in [9.17, 15) is 4.79 Å². The van der Waals surface area contributed by atoms with Crippen molar-refractivity contribution in [2.75, 3.05) is 18.5 Å². The molecule has 9 nitrogen and oxygen atoms in total. The van der Waals surface area contributed by atoms with Crippen molar-refractivity contribution in [2.45, 2.75) is 31.0 Å². The Balaban J connectivity index is 1.22. The second-order valence-electron chi connectivity index (χ2n) is 8.38. The minimum absolute atomic E-state index is 0.0200. The molecule has 34 heavy (non-hydrogen) atoms. The van der Waals surface area contributed by atoms with Crippen molar-refractivity contribution in [1.29, 1.82) is 0 Å². The van der Waals surface area contributed by atoms with Crippen molar-refractivity contribution < 1.29 is 19.0 Å². The molecule has 0 radical (unpaired) electrons. The highest BCUT2D eigenvalue weighted by Gasteiger charge is 2.39. The van der Waals surface area contributed by atoms with Gasteiger partial charge < -0.3 is 24.1 Å². The molecule has 2 fully saturated rings. The van der Waals surface area contributed by atoms with Crippen LogP contribution in [-0.4, -0.2) is 50.8 Å². The lowest BCUT2D eigenvalue weighted by Gasteiger charge is -2.42. The summed E-state index contributed by atoms with van der Waals surface area (Å²) >= 11 is 0.